The molecule has 0 unspecified atom stereocenters. The standard InChI is InChI=1S/C14H13BrClFN2/c1-8(2)13-12(15)14(16)19-11(18-13)7-9-4-3-5-10(17)6-9/h3-6,8H,7H2,1-2H3. The third kappa shape index (κ3) is 3.51. The fourth-order valence-corrected chi connectivity index (χ4v) is 2.60. The molecule has 0 amide bonds. The van der Waals surface area contributed by atoms with E-state index >= 15 is 0 Å². The Morgan fingerprint density at radius 2 is 2.05 bits per heavy atom. The summed E-state index contributed by atoms with van der Waals surface area (Å²) < 4.78 is 13.9. The van der Waals surface area contributed by atoms with E-state index in [1.54, 1.807) is 6.07 Å². The minimum atomic E-state index is -0.259. The normalized spacial score (nSPS) is 11.1. The third-order valence-corrected chi connectivity index (χ3v) is 3.96. The van der Waals surface area contributed by atoms with Crippen molar-refractivity contribution in [3.8, 4) is 0 Å². The molecule has 0 aliphatic heterocycles. The molecule has 1 aromatic carbocycles. The first kappa shape index (κ1) is 14.4. The van der Waals surface area contributed by atoms with Crippen LogP contribution >= 0.6 is 27.5 Å². The van der Waals surface area contributed by atoms with Gasteiger partial charge in [0.15, 0.2) is 0 Å². The van der Waals surface area contributed by atoms with Crippen LogP contribution in [0.4, 0.5) is 4.39 Å². The molecule has 0 aliphatic rings. The minimum absolute atomic E-state index is 0.237. The Balaban J connectivity index is 2.36. The molecule has 2 rings (SSSR count). The summed E-state index contributed by atoms with van der Waals surface area (Å²) in [5.74, 6) is 0.577. The molecule has 1 heterocycles. The molecule has 2 nitrogen and oxygen atoms in total. The van der Waals surface area contributed by atoms with Gasteiger partial charge in [-0.25, -0.2) is 14.4 Å². The molecule has 5 heteroatoms. The second-order valence-corrected chi connectivity index (χ2v) is 5.74. The predicted octanol–water partition coefficient (Wildman–Crippen LogP) is 4.75. The fraction of sp³-hybridized carbons (Fsp3) is 0.286. The molecular weight excluding hydrogens is 331 g/mol. The van der Waals surface area contributed by atoms with Crippen molar-refractivity contribution in [3.05, 3.63) is 56.8 Å². The van der Waals surface area contributed by atoms with Crippen LogP contribution in [-0.4, -0.2) is 9.97 Å². The second-order valence-electron chi connectivity index (χ2n) is 4.59. The van der Waals surface area contributed by atoms with Crippen LogP contribution in [0.5, 0.6) is 0 Å². The van der Waals surface area contributed by atoms with Gasteiger partial charge in [-0.3, -0.25) is 0 Å². The van der Waals surface area contributed by atoms with E-state index in [0.29, 0.717) is 17.4 Å². The maximum absolute atomic E-state index is 13.1. The summed E-state index contributed by atoms with van der Waals surface area (Å²) in [7, 11) is 0. The summed E-state index contributed by atoms with van der Waals surface area (Å²) in [5.41, 5.74) is 1.69. The first-order chi connectivity index (χ1) is 8.97. The van der Waals surface area contributed by atoms with Gasteiger partial charge in [0.1, 0.15) is 16.8 Å². The molecule has 0 bridgehead atoms. The lowest BCUT2D eigenvalue weighted by Gasteiger charge is -2.10. The smallest absolute Gasteiger partial charge is 0.147 e. The van der Waals surface area contributed by atoms with Crippen LogP contribution in [-0.2, 0) is 6.42 Å². The van der Waals surface area contributed by atoms with Gasteiger partial charge in [0.25, 0.3) is 0 Å². The molecule has 0 saturated carbocycles. The largest absolute Gasteiger partial charge is 0.236 e. The van der Waals surface area contributed by atoms with Gasteiger partial charge in [0.2, 0.25) is 0 Å². The molecule has 0 atom stereocenters. The average Bonchev–Trinajstić information content (AvgIpc) is 2.33. The lowest BCUT2D eigenvalue weighted by Crippen LogP contribution is -2.04. The van der Waals surface area contributed by atoms with E-state index in [1.807, 2.05) is 19.9 Å². The van der Waals surface area contributed by atoms with Crippen LogP contribution in [0.15, 0.2) is 28.7 Å². The highest BCUT2D eigenvalue weighted by molar-refractivity contribution is 9.10. The minimum Gasteiger partial charge on any atom is -0.236 e. The first-order valence-electron chi connectivity index (χ1n) is 5.93. The number of rotatable bonds is 3. The lowest BCUT2D eigenvalue weighted by molar-refractivity contribution is 0.625. The zero-order chi connectivity index (χ0) is 14.0. The number of aromatic nitrogens is 2. The summed E-state index contributed by atoms with van der Waals surface area (Å²) in [4.78, 5) is 8.72. The molecule has 1 aromatic heterocycles. The maximum atomic E-state index is 13.1. The molecule has 0 spiro atoms. The average molecular weight is 344 g/mol. The SMILES string of the molecule is CC(C)c1nc(Cc2cccc(F)c2)nc(Cl)c1Br. The molecule has 0 fully saturated rings. The van der Waals surface area contributed by atoms with Gasteiger partial charge in [-0.1, -0.05) is 37.6 Å². The number of hydrogen-bond acceptors (Lipinski definition) is 2. The fourth-order valence-electron chi connectivity index (χ4n) is 1.77. The molecule has 0 saturated heterocycles. The van der Waals surface area contributed by atoms with E-state index in [9.17, 15) is 4.39 Å². The van der Waals surface area contributed by atoms with Gasteiger partial charge in [-0.15, -0.1) is 0 Å². The summed E-state index contributed by atoms with van der Waals surface area (Å²) in [6.45, 7) is 4.07. The van der Waals surface area contributed by atoms with Crippen molar-refractivity contribution in [2.45, 2.75) is 26.2 Å². The Bertz CT molecular complexity index is 602. The number of nitrogens with zero attached hydrogens (tertiary/aromatic N) is 2. The van der Waals surface area contributed by atoms with Crippen LogP contribution in [0, 0.1) is 5.82 Å². The van der Waals surface area contributed by atoms with Gasteiger partial charge >= 0.3 is 0 Å². The zero-order valence-corrected chi connectivity index (χ0v) is 13.0. The van der Waals surface area contributed by atoms with E-state index in [-0.39, 0.29) is 11.7 Å². The third-order valence-electron chi connectivity index (χ3n) is 2.68. The quantitative estimate of drug-likeness (QED) is 0.752. The van der Waals surface area contributed by atoms with E-state index in [0.717, 1.165) is 15.7 Å². The van der Waals surface area contributed by atoms with Crippen LogP contribution < -0.4 is 0 Å². The topological polar surface area (TPSA) is 25.8 Å². The van der Waals surface area contributed by atoms with Crippen molar-refractivity contribution in [2.75, 3.05) is 0 Å². The Kier molecular flexibility index (Phi) is 4.53. The van der Waals surface area contributed by atoms with Crippen molar-refractivity contribution in [1.29, 1.82) is 0 Å². The van der Waals surface area contributed by atoms with E-state index in [2.05, 4.69) is 25.9 Å². The highest BCUT2D eigenvalue weighted by atomic mass is 79.9. The van der Waals surface area contributed by atoms with Crippen molar-refractivity contribution in [2.24, 2.45) is 0 Å². The van der Waals surface area contributed by atoms with Crippen molar-refractivity contribution >= 4 is 27.5 Å². The summed E-state index contributed by atoms with van der Waals surface area (Å²) >= 11 is 9.48. The number of benzene rings is 1. The van der Waals surface area contributed by atoms with Gasteiger partial charge in [-0.2, -0.15) is 0 Å². The first-order valence-corrected chi connectivity index (χ1v) is 7.10. The Labute approximate surface area is 125 Å². The van der Waals surface area contributed by atoms with Crippen molar-refractivity contribution in [1.82, 2.24) is 9.97 Å². The Morgan fingerprint density at radius 1 is 1.32 bits per heavy atom. The molecule has 0 radical (unpaired) electrons. The lowest BCUT2D eigenvalue weighted by atomic mass is 10.1. The van der Waals surface area contributed by atoms with Gasteiger partial charge in [0.05, 0.1) is 10.2 Å². The van der Waals surface area contributed by atoms with Crippen LogP contribution in [0.3, 0.4) is 0 Å². The van der Waals surface area contributed by atoms with Crippen molar-refractivity contribution in [3.63, 3.8) is 0 Å². The number of hydrogen-bond donors (Lipinski definition) is 0. The van der Waals surface area contributed by atoms with E-state index in [4.69, 9.17) is 11.6 Å². The van der Waals surface area contributed by atoms with Crippen LogP contribution in [0.2, 0.25) is 5.15 Å². The highest BCUT2D eigenvalue weighted by Gasteiger charge is 2.14. The monoisotopic (exact) mass is 342 g/mol. The zero-order valence-electron chi connectivity index (χ0n) is 10.6. The van der Waals surface area contributed by atoms with E-state index in [1.165, 1.54) is 12.1 Å². The molecule has 19 heavy (non-hydrogen) atoms. The Hall–Kier alpha value is -1.00. The predicted molar refractivity (Wildman–Crippen MR) is 78.0 cm³/mol. The summed E-state index contributed by atoms with van der Waals surface area (Å²) in [5, 5.41) is 0.394. The van der Waals surface area contributed by atoms with Gasteiger partial charge < -0.3 is 0 Å². The number of halogens is 3. The highest BCUT2D eigenvalue weighted by Crippen LogP contribution is 2.28. The van der Waals surface area contributed by atoms with Crippen LogP contribution in [0.25, 0.3) is 0 Å². The Morgan fingerprint density at radius 3 is 2.68 bits per heavy atom. The summed E-state index contributed by atoms with van der Waals surface area (Å²) in [6.07, 6.45) is 0.463. The van der Waals surface area contributed by atoms with Gasteiger partial charge in [-0.05, 0) is 39.5 Å². The molecule has 0 N–H and O–H groups in total. The second kappa shape index (κ2) is 5.97. The molecule has 2 aromatic rings. The van der Waals surface area contributed by atoms with Crippen molar-refractivity contribution < 1.29 is 4.39 Å². The molecular formula is C14H13BrClFN2. The van der Waals surface area contributed by atoms with Crippen LogP contribution in [0.1, 0.15) is 36.8 Å². The maximum Gasteiger partial charge on any atom is 0.147 e. The summed E-state index contributed by atoms with van der Waals surface area (Å²) in [6, 6.07) is 6.42. The van der Waals surface area contributed by atoms with Gasteiger partial charge in [0, 0.05) is 6.42 Å². The molecule has 0 aliphatic carbocycles. The molecule has 100 valence electrons. The van der Waals surface area contributed by atoms with E-state index < -0.39 is 0 Å².